The van der Waals surface area contributed by atoms with E-state index in [-0.39, 0.29) is 22.6 Å². The molecule has 0 radical (unpaired) electrons. The molecule has 32 heavy (non-hydrogen) atoms. The van der Waals surface area contributed by atoms with Gasteiger partial charge < -0.3 is 10.2 Å². The minimum Gasteiger partial charge on any atom is -0.354 e. The molecule has 0 aromatic heterocycles. The first-order valence-electron chi connectivity index (χ1n) is 11.8. The fourth-order valence-corrected chi connectivity index (χ4v) is 6.95. The second-order valence-corrected chi connectivity index (χ2v) is 10.2. The average molecular weight is 429 g/mol. The Labute approximate surface area is 190 Å². The molecule has 2 aliphatic carbocycles. The van der Waals surface area contributed by atoms with Gasteiger partial charge in [-0.1, -0.05) is 74.5 Å². The van der Waals surface area contributed by atoms with E-state index in [1.807, 2.05) is 59.5 Å². The molecule has 4 atom stereocenters. The van der Waals surface area contributed by atoms with Crippen LogP contribution in [0, 0.1) is 16.7 Å². The lowest BCUT2D eigenvalue weighted by Gasteiger charge is -2.46. The highest BCUT2D eigenvalue weighted by molar-refractivity contribution is 5.99. The molecule has 2 aromatic rings. The van der Waals surface area contributed by atoms with Crippen molar-refractivity contribution < 1.29 is 9.59 Å². The minimum atomic E-state index is -0.751. The molecular weight excluding hydrogens is 396 g/mol. The molecule has 1 aliphatic heterocycles. The summed E-state index contributed by atoms with van der Waals surface area (Å²) in [5, 5.41) is 3.22. The second kappa shape index (κ2) is 7.61. The van der Waals surface area contributed by atoms with Crippen LogP contribution in [0.15, 0.2) is 66.7 Å². The third kappa shape index (κ3) is 2.88. The van der Waals surface area contributed by atoms with Crippen LogP contribution < -0.4 is 5.32 Å². The Morgan fingerprint density at radius 1 is 1.06 bits per heavy atom. The maximum Gasteiger partial charge on any atom is 0.247 e. The van der Waals surface area contributed by atoms with E-state index >= 15 is 0 Å². The highest BCUT2D eigenvalue weighted by Gasteiger charge is 2.80. The Kier molecular flexibility index (Phi) is 4.99. The smallest absolute Gasteiger partial charge is 0.247 e. The number of amides is 2. The van der Waals surface area contributed by atoms with Gasteiger partial charge in [-0.15, -0.1) is 0 Å². The van der Waals surface area contributed by atoms with E-state index in [1.54, 1.807) is 6.08 Å². The third-order valence-electron chi connectivity index (χ3n) is 8.96. The summed E-state index contributed by atoms with van der Waals surface area (Å²) in [5.74, 6) is 0.486. The molecule has 4 heteroatoms. The molecule has 4 bridgehead atoms. The van der Waals surface area contributed by atoms with Crippen molar-refractivity contribution in [2.24, 2.45) is 16.7 Å². The van der Waals surface area contributed by atoms with Crippen LogP contribution in [-0.2, 0) is 16.0 Å². The zero-order chi connectivity index (χ0) is 22.4. The van der Waals surface area contributed by atoms with Crippen molar-refractivity contribution >= 4 is 17.9 Å². The number of piperidine rings is 1. The molecular formula is C28H32N2O2. The van der Waals surface area contributed by atoms with Crippen molar-refractivity contribution in [1.82, 2.24) is 10.2 Å². The van der Waals surface area contributed by atoms with Crippen LogP contribution in [0.2, 0.25) is 0 Å². The zero-order valence-electron chi connectivity index (χ0n) is 19.0. The highest BCUT2D eigenvalue weighted by Crippen LogP contribution is 2.75. The average Bonchev–Trinajstić information content (AvgIpc) is 3.27. The monoisotopic (exact) mass is 428 g/mol. The Bertz CT molecular complexity index is 1050. The number of nitrogens with zero attached hydrogens (tertiary/aromatic N) is 1. The van der Waals surface area contributed by atoms with Gasteiger partial charge >= 0.3 is 0 Å². The van der Waals surface area contributed by atoms with Gasteiger partial charge in [0.25, 0.3) is 0 Å². The molecule has 4 nitrogen and oxygen atoms in total. The number of rotatable bonds is 6. The maximum atomic E-state index is 13.8. The van der Waals surface area contributed by atoms with Crippen LogP contribution in [0.5, 0.6) is 0 Å². The molecule has 2 aromatic carbocycles. The summed E-state index contributed by atoms with van der Waals surface area (Å²) in [6.45, 7) is 5.81. The largest absolute Gasteiger partial charge is 0.354 e. The number of benzene rings is 2. The van der Waals surface area contributed by atoms with Crippen molar-refractivity contribution in [3.8, 4) is 0 Å². The fourth-order valence-electron chi connectivity index (χ4n) is 6.95. The summed E-state index contributed by atoms with van der Waals surface area (Å²) in [7, 11) is 0. The molecule has 4 unspecified atom stereocenters. The van der Waals surface area contributed by atoms with Crippen molar-refractivity contribution in [2.45, 2.75) is 45.1 Å². The van der Waals surface area contributed by atoms with Crippen LogP contribution in [0.3, 0.4) is 0 Å². The molecule has 0 spiro atoms. The van der Waals surface area contributed by atoms with E-state index in [0.29, 0.717) is 19.0 Å². The lowest BCUT2D eigenvalue weighted by Crippen LogP contribution is -2.64. The van der Waals surface area contributed by atoms with Crippen molar-refractivity contribution in [3.05, 3.63) is 77.9 Å². The molecule has 3 aliphatic rings. The summed E-state index contributed by atoms with van der Waals surface area (Å²) in [6, 6.07) is 20.1. The Morgan fingerprint density at radius 2 is 1.75 bits per heavy atom. The van der Waals surface area contributed by atoms with Crippen molar-refractivity contribution in [1.29, 1.82) is 0 Å². The predicted molar refractivity (Wildman–Crippen MR) is 127 cm³/mol. The van der Waals surface area contributed by atoms with Gasteiger partial charge in [-0.05, 0) is 54.2 Å². The minimum absolute atomic E-state index is 0.0000168. The first-order chi connectivity index (χ1) is 15.4. The molecule has 1 heterocycles. The molecule has 166 valence electrons. The van der Waals surface area contributed by atoms with E-state index in [9.17, 15) is 9.59 Å². The summed E-state index contributed by atoms with van der Waals surface area (Å²) < 4.78 is 0. The lowest BCUT2D eigenvalue weighted by atomic mass is 9.65. The van der Waals surface area contributed by atoms with Gasteiger partial charge in [0.05, 0.1) is 0 Å². The summed E-state index contributed by atoms with van der Waals surface area (Å²) >= 11 is 0. The van der Waals surface area contributed by atoms with Crippen LogP contribution in [0.1, 0.15) is 44.2 Å². The van der Waals surface area contributed by atoms with E-state index in [0.717, 1.165) is 31.2 Å². The normalized spacial score (nSPS) is 32.6. The zero-order valence-corrected chi connectivity index (χ0v) is 19.0. The Morgan fingerprint density at radius 3 is 2.44 bits per heavy atom. The van der Waals surface area contributed by atoms with Gasteiger partial charge in [-0.2, -0.15) is 0 Å². The lowest BCUT2D eigenvalue weighted by molar-refractivity contribution is -0.149. The third-order valence-corrected chi connectivity index (χ3v) is 8.96. The van der Waals surface area contributed by atoms with E-state index in [1.165, 1.54) is 5.56 Å². The van der Waals surface area contributed by atoms with Crippen LogP contribution in [0.25, 0.3) is 6.08 Å². The maximum absolute atomic E-state index is 13.8. The first-order valence-corrected chi connectivity index (χ1v) is 11.8. The molecule has 5 rings (SSSR count). The van der Waals surface area contributed by atoms with Crippen LogP contribution in [0.4, 0.5) is 0 Å². The number of carbonyl (C=O) groups is 2. The molecule has 1 N–H and O–H groups in total. The predicted octanol–water partition coefficient (Wildman–Crippen LogP) is 4.47. The van der Waals surface area contributed by atoms with Crippen LogP contribution >= 0.6 is 0 Å². The summed E-state index contributed by atoms with van der Waals surface area (Å²) in [6.07, 6.45) is 7.25. The molecule has 3 fully saturated rings. The highest BCUT2D eigenvalue weighted by atomic mass is 16.2. The van der Waals surface area contributed by atoms with Gasteiger partial charge in [-0.3, -0.25) is 9.59 Å². The van der Waals surface area contributed by atoms with E-state index in [2.05, 4.69) is 31.3 Å². The van der Waals surface area contributed by atoms with Gasteiger partial charge in [0.2, 0.25) is 11.8 Å². The number of likely N-dealkylation sites (tertiary alicyclic amines) is 1. The number of nitrogens with one attached hydrogen (secondary N) is 1. The number of carbonyl (C=O) groups excluding carboxylic acids is 2. The van der Waals surface area contributed by atoms with Crippen LogP contribution in [-0.4, -0.2) is 35.3 Å². The van der Waals surface area contributed by atoms with Gasteiger partial charge in [0.1, 0.15) is 5.54 Å². The SMILES string of the molecule is CC12CN(C(=O)C=Cc3ccccc3)C3(C(=O)NCCc4ccccc4)CC1CCC23C. The first kappa shape index (κ1) is 21.0. The molecule has 2 amide bonds. The summed E-state index contributed by atoms with van der Waals surface area (Å²) in [4.78, 5) is 29.1. The van der Waals surface area contributed by atoms with Crippen molar-refractivity contribution in [3.63, 3.8) is 0 Å². The fraction of sp³-hybridized carbons (Fsp3) is 0.429. The summed E-state index contributed by atoms with van der Waals surface area (Å²) in [5.41, 5.74) is 1.27. The number of hydrogen-bond acceptors (Lipinski definition) is 2. The van der Waals surface area contributed by atoms with Gasteiger partial charge in [-0.25, -0.2) is 0 Å². The van der Waals surface area contributed by atoms with E-state index < -0.39 is 5.54 Å². The number of hydrogen-bond donors (Lipinski definition) is 1. The van der Waals surface area contributed by atoms with Gasteiger partial charge in [0.15, 0.2) is 0 Å². The topological polar surface area (TPSA) is 49.4 Å². The molecule has 2 saturated carbocycles. The quantitative estimate of drug-likeness (QED) is 0.691. The molecule has 1 saturated heterocycles. The Balaban J connectivity index is 1.39. The standard InChI is InChI=1S/C28H32N2O2/c1-26-20-30(24(31)14-13-21-9-5-3-6-10-21)28(19-23(26)15-17-27(26,28)2)25(32)29-18-16-22-11-7-4-8-12-22/h3-14,23H,15-20H2,1-2H3,(H,29,32). The van der Waals surface area contributed by atoms with E-state index in [4.69, 9.17) is 0 Å². The van der Waals surface area contributed by atoms with Crippen molar-refractivity contribution in [2.75, 3.05) is 13.1 Å². The van der Waals surface area contributed by atoms with Gasteiger partial charge in [0, 0.05) is 24.6 Å². The second-order valence-electron chi connectivity index (χ2n) is 10.2. The Hall–Kier alpha value is -2.88.